The first-order valence-electron chi connectivity index (χ1n) is 6.64. The first-order chi connectivity index (χ1) is 10.6. The van der Waals surface area contributed by atoms with E-state index in [4.69, 9.17) is 0 Å². The summed E-state index contributed by atoms with van der Waals surface area (Å²) in [5, 5.41) is 5.05. The molecule has 0 unspecified atom stereocenters. The molecule has 0 aliphatic rings. The van der Waals surface area contributed by atoms with Crippen molar-refractivity contribution >= 4 is 23.5 Å². The van der Waals surface area contributed by atoms with Crippen LogP contribution in [-0.4, -0.2) is 32.7 Å². The molecule has 0 bridgehead atoms. The molecule has 0 saturated carbocycles. The van der Waals surface area contributed by atoms with Crippen LogP contribution in [0.3, 0.4) is 0 Å². The highest BCUT2D eigenvalue weighted by atomic mass is 32.2. The summed E-state index contributed by atoms with van der Waals surface area (Å²) in [6.45, 7) is 3.90. The third kappa shape index (κ3) is 2.80. The van der Waals surface area contributed by atoms with Crippen LogP contribution in [0.4, 0.5) is 0 Å². The summed E-state index contributed by atoms with van der Waals surface area (Å²) >= 11 is 1.42. The summed E-state index contributed by atoms with van der Waals surface area (Å²) in [6, 6.07) is 9.08. The number of hydrogen-bond acceptors (Lipinski definition) is 6. The van der Waals surface area contributed by atoms with E-state index in [1.807, 2.05) is 32.0 Å². The number of methoxy groups -OCH3 is 1. The Labute approximate surface area is 131 Å². The van der Waals surface area contributed by atoms with Gasteiger partial charge in [0.25, 0.3) is 5.78 Å². The third-order valence-corrected chi connectivity index (χ3v) is 3.95. The highest BCUT2D eigenvalue weighted by Gasteiger charge is 2.10. The standard InChI is InChI=1S/C15H14N4O2S/c1-9-8-10(2)19-14(16-9)17-15(18-19)22-12-6-4-11(5-7-12)13(20)21-3/h4-8H,1-3H3. The van der Waals surface area contributed by atoms with Crippen LogP contribution in [0.25, 0.3) is 5.78 Å². The number of nitrogens with zero attached hydrogens (tertiary/aromatic N) is 4. The molecule has 0 atom stereocenters. The zero-order chi connectivity index (χ0) is 15.7. The maximum Gasteiger partial charge on any atom is 0.337 e. The van der Waals surface area contributed by atoms with Gasteiger partial charge in [-0.05, 0) is 55.9 Å². The van der Waals surface area contributed by atoms with Crippen molar-refractivity contribution in [2.45, 2.75) is 23.9 Å². The van der Waals surface area contributed by atoms with Gasteiger partial charge in [-0.15, -0.1) is 5.10 Å². The molecule has 0 N–H and O–H groups in total. The van der Waals surface area contributed by atoms with Gasteiger partial charge in [0, 0.05) is 16.3 Å². The van der Waals surface area contributed by atoms with Gasteiger partial charge in [0.05, 0.1) is 12.7 Å². The smallest absolute Gasteiger partial charge is 0.337 e. The first-order valence-corrected chi connectivity index (χ1v) is 7.46. The van der Waals surface area contributed by atoms with Crippen LogP contribution in [0.2, 0.25) is 0 Å². The third-order valence-electron chi connectivity index (χ3n) is 3.08. The Kier molecular flexibility index (Phi) is 3.81. The van der Waals surface area contributed by atoms with Gasteiger partial charge in [0.2, 0.25) is 5.16 Å². The van der Waals surface area contributed by atoms with E-state index >= 15 is 0 Å². The Hall–Kier alpha value is -2.41. The number of carbonyl (C=O) groups excluding carboxylic acids is 1. The van der Waals surface area contributed by atoms with E-state index in [1.165, 1.54) is 18.9 Å². The molecule has 2 heterocycles. The maximum absolute atomic E-state index is 11.4. The highest BCUT2D eigenvalue weighted by molar-refractivity contribution is 7.99. The van der Waals surface area contributed by atoms with Crippen molar-refractivity contribution in [1.82, 2.24) is 19.6 Å². The quantitative estimate of drug-likeness (QED) is 0.692. The molecular weight excluding hydrogens is 300 g/mol. The number of aromatic nitrogens is 4. The second-order valence-corrected chi connectivity index (χ2v) is 5.80. The second-order valence-electron chi connectivity index (χ2n) is 4.76. The summed E-state index contributed by atoms with van der Waals surface area (Å²) in [5.74, 6) is 0.240. The van der Waals surface area contributed by atoms with Crippen molar-refractivity contribution in [3.63, 3.8) is 0 Å². The van der Waals surface area contributed by atoms with Gasteiger partial charge in [-0.3, -0.25) is 0 Å². The Morgan fingerprint density at radius 1 is 1.18 bits per heavy atom. The number of aryl methyl sites for hydroxylation is 2. The van der Waals surface area contributed by atoms with Gasteiger partial charge in [0.1, 0.15) is 0 Å². The lowest BCUT2D eigenvalue weighted by molar-refractivity contribution is 0.0600. The van der Waals surface area contributed by atoms with E-state index in [0.717, 1.165) is 16.3 Å². The molecule has 22 heavy (non-hydrogen) atoms. The monoisotopic (exact) mass is 314 g/mol. The topological polar surface area (TPSA) is 69.4 Å². The zero-order valence-corrected chi connectivity index (χ0v) is 13.2. The number of ether oxygens (including phenoxy) is 1. The van der Waals surface area contributed by atoms with Crippen LogP contribution in [0, 0.1) is 13.8 Å². The van der Waals surface area contributed by atoms with E-state index in [-0.39, 0.29) is 5.97 Å². The normalized spacial score (nSPS) is 10.9. The van der Waals surface area contributed by atoms with Gasteiger partial charge in [0.15, 0.2) is 0 Å². The van der Waals surface area contributed by atoms with Crippen molar-refractivity contribution in [1.29, 1.82) is 0 Å². The lowest BCUT2D eigenvalue weighted by atomic mass is 10.2. The SMILES string of the molecule is COC(=O)c1ccc(Sc2nc3nc(C)cc(C)n3n2)cc1. The number of carbonyl (C=O) groups is 1. The number of rotatable bonds is 3. The van der Waals surface area contributed by atoms with E-state index in [9.17, 15) is 4.79 Å². The van der Waals surface area contributed by atoms with Crippen molar-refractivity contribution in [3.8, 4) is 0 Å². The minimum Gasteiger partial charge on any atom is -0.465 e. The van der Waals surface area contributed by atoms with Crippen LogP contribution in [-0.2, 0) is 4.74 Å². The van der Waals surface area contributed by atoms with Crippen molar-refractivity contribution in [2.24, 2.45) is 0 Å². The van der Waals surface area contributed by atoms with Gasteiger partial charge >= 0.3 is 5.97 Å². The number of fused-ring (bicyclic) bond motifs is 1. The molecule has 0 spiro atoms. The fraction of sp³-hybridized carbons (Fsp3) is 0.200. The molecule has 1 aromatic carbocycles. The molecule has 3 rings (SSSR count). The van der Waals surface area contributed by atoms with E-state index < -0.39 is 0 Å². The summed E-state index contributed by atoms with van der Waals surface area (Å²) in [7, 11) is 1.36. The number of esters is 1. The summed E-state index contributed by atoms with van der Waals surface area (Å²) in [6.07, 6.45) is 0. The molecule has 7 heteroatoms. The Balaban J connectivity index is 1.87. The van der Waals surface area contributed by atoms with Gasteiger partial charge in [-0.25, -0.2) is 14.3 Å². The molecule has 0 amide bonds. The molecule has 3 aromatic rings. The molecule has 0 saturated heterocycles. The number of hydrogen-bond donors (Lipinski definition) is 0. The average molecular weight is 314 g/mol. The number of benzene rings is 1. The Morgan fingerprint density at radius 3 is 2.59 bits per heavy atom. The van der Waals surface area contributed by atoms with Crippen LogP contribution in [0.5, 0.6) is 0 Å². The summed E-state index contributed by atoms with van der Waals surface area (Å²) in [5.41, 5.74) is 2.42. The lowest BCUT2D eigenvalue weighted by Crippen LogP contribution is -2.00. The molecule has 0 aliphatic carbocycles. The molecule has 0 radical (unpaired) electrons. The fourth-order valence-electron chi connectivity index (χ4n) is 2.07. The van der Waals surface area contributed by atoms with Crippen LogP contribution >= 0.6 is 11.8 Å². The van der Waals surface area contributed by atoms with Crippen LogP contribution < -0.4 is 0 Å². The maximum atomic E-state index is 11.4. The van der Waals surface area contributed by atoms with E-state index in [0.29, 0.717) is 16.5 Å². The Morgan fingerprint density at radius 2 is 1.91 bits per heavy atom. The molecule has 2 aromatic heterocycles. The van der Waals surface area contributed by atoms with Gasteiger partial charge in [-0.1, -0.05) is 0 Å². The van der Waals surface area contributed by atoms with Gasteiger partial charge < -0.3 is 4.74 Å². The van der Waals surface area contributed by atoms with E-state index in [2.05, 4.69) is 19.8 Å². The fourth-order valence-corrected chi connectivity index (χ4v) is 2.81. The van der Waals surface area contributed by atoms with Gasteiger partial charge in [-0.2, -0.15) is 4.98 Å². The average Bonchev–Trinajstić information content (AvgIpc) is 2.90. The van der Waals surface area contributed by atoms with E-state index in [1.54, 1.807) is 16.6 Å². The molecule has 0 fully saturated rings. The second kappa shape index (κ2) is 5.76. The molecular formula is C15H14N4O2S. The highest BCUT2D eigenvalue weighted by Crippen LogP contribution is 2.25. The van der Waals surface area contributed by atoms with Crippen LogP contribution in [0.1, 0.15) is 21.7 Å². The van der Waals surface area contributed by atoms with Crippen molar-refractivity contribution in [2.75, 3.05) is 7.11 Å². The summed E-state index contributed by atoms with van der Waals surface area (Å²) < 4.78 is 6.40. The van der Waals surface area contributed by atoms with Crippen molar-refractivity contribution < 1.29 is 9.53 Å². The van der Waals surface area contributed by atoms with Crippen molar-refractivity contribution in [3.05, 3.63) is 47.3 Å². The predicted octanol–water partition coefficient (Wildman–Crippen LogP) is 2.68. The Bertz CT molecular complexity index is 843. The summed E-state index contributed by atoms with van der Waals surface area (Å²) in [4.78, 5) is 21.1. The molecule has 112 valence electrons. The molecule has 0 aliphatic heterocycles. The predicted molar refractivity (Wildman–Crippen MR) is 82.2 cm³/mol. The largest absolute Gasteiger partial charge is 0.465 e. The minimum atomic E-state index is -0.349. The molecule has 6 nitrogen and oxygen atoms in total. The zero-order valence-electron chi connectivity index (χ0n) is 12.4. The van der Waals surface area contributed by atoms with Crippen LogP contribution in [0.15, 0.2) is 40.4 Å². The first kappa shape index (κ1) is 14.5. The minimum absolute atomic E-state index is 0.349. The lowest BCUT2D eigenvalue weighted by Gasteiger charge is -2.00.